The molecule has 0 radical (unpaired) electrons. The lowest BCUT2D eigenvalue weighted by Gasteiger charge is -1.99. The van der Waals surface area contributed by atoms with E-state index in [1.54, 1.807) is 0 Å². The molecule has 0 spiro atoms. The molecule has 0 saturated heterocycles. The molecular formula is C11H12O. The molecule has 0 aromatic heterocycles. The van der Waals surface area contributed by atoms with Crippen LogP contribution in [-0.4, -0.2) is 5.48 Å². The summed E-state index contributed by atoms with van der Waals surface area (Å²) in [5.41, 5.74) is 2.77. The van der Waals surface area contributed by atoms with E-state index in [1.807, 2.05) is 6.07 Å². The van der Waals surface area contributed by atoms with E-state index in [0.717, 1.165) is 6.42 Å². The summed E-state index contributed by atoms with van der Waals surface area (Å²) < 4.78 is 0. The lowest BCUT2D eigenvalue weighted by Crippen LogP contribution is -1.77. The highest BCUT2D eigenvalue weighted by atomic mass is 16.0. The average molecular weight is 160 g/mol. The van der Waals surface area contributed by atoms with Crippen LogP contribution < -0.4 is 0 Å². The molecule has 1 heteroatoms. The molecule has 2 rings (SSSR count). The van der Waals surface area contributed by atoms with Gasteiger partial charge in [0, 0.05) is 0 Å². The molecule has 62 valence electrons. The molecule has 0 fully saturated rings. The van der Waals surface area contributed by atoms with Crippen molar-refractivity contribution in [1.82, 2.24) is 0 Å². The van der Waals surface area contributed by atoms with Crippen LogP contribution in [-0.2, 0) is 0 Å². The van der Waals surface area contributed by atoms with Crippen LogP contribution in [0, 0.1) is 0 Å². The summed E-state index contributed by atoms with van der Waals surface area (Å²) in [4.78, 5) is 0. The van der Waals surface area contributed by atoms with Crippen LogP contribution in [0.4, 0.5) is 0 Å². The second-order valence-corrected chi connectivity index (χ2v) is 2.69. The van der Waals surface area contributed by atoms with Crippen molar-refractivity contribution in [3.05, 3.63) is 54.1 Å². The van der Waals surface area contributed by atoms with E-state index >= 15 is 0 Å². The summed E-state index contributed by atoms with van der Waals surface area (Å²) in [5.74, 6) is 0. The lowest BCUT2D eigenvalue weighted by molar-refractivity contribution is 0.824. The van der Waals surface area contributed by atoms with Crippen LogP contribution >= 0.6 is 0 Å². The van der Waals surface area contributed by atoms with Gasteiger partial charge in [0.25, 0.3) is 0 Å². The van der Waals surface area contributed by atoms with Gasteiger partial charge in [-0.15, -0.1) is 0 Å². The molecule has 0 amide bonds. The molecule has 0 atom stereocenters. The second-order valence-electron chi connectivity index (χ2n) is 2.69. The zero-order valence-corrected chi connectivity index (χ0v) is 6.83. The van der Waals surface area contributed by atoms with Gasteiger partial charge < -0.3 is 5.48 Å². The van der Waals surface area contributed by atoms with Gasteiger partial charge in [-0.1, -0.05) is 48.6 Å². The van der Waals surface area contributed by atoms with Crippen LogP contribution in [0.5, 0.6) is 0 Å². The molecule has 1 aliphatic rings. The van der Waals surface area contributed by atoms with Gasteiger partial charge in [-0.3, -0.25) is 0 Å². The van der Waals surface area contributed by atoms with Gasteiger partial charge in [0.1, 0.15) is 0 Å². The third-order valence-corrected chi connectivity index (χ3v) is 1.92. The van der Waals surface area contributed by atoms with E-state index in [-0.39, 0.29) is 5.48 Å². The first-order valence-corrected chi connectivity index (χ1v) is 3.88. The molecule has 0 bridgehead atoms. The van der Waals surface area contributed by atoms with Crippen molar-refractivity contribution in [2.75, 3.05) is 0 Å². The first kappa shape index (κ1) is 8.75. The number of hydrogen-bond acceptors (Lipinski definition) is 0. The van der Waals surface area contributed by atoms with Crippen LogP contribution in [0.15, 0.2) is 48.6 Å². The van der Waals surface area contributed by atoms with Crippen molar-refractivity contribution >= 4 is 5.57 Å². The van der Waals surface area contributed by atoms with Crippen LogP contribution in [0.2, 0.25) is 0 Å². The van der Waals surface area contributed by atoms with Crippen LogP contribution in [0.1, 0.15) is 12.0 Å². The predicted octanol–water partition coefficient (Wildman–Crippen LogP) is 2.21. The van der Waals surface area contributed by atoms with E-state index in [1.165, 1.54) is 11.1 Å². The van der Waals surface area contributed by atoms with Gasteiger partial charge in [-0.2, -0.15) is 0 Å². The van der Waals surface area contributed by atoms with Crippen LogP contribution in [0.25, 0.3) is 5.57 Å². The van der Waals surface area contributed by atoms with E-state index in [4.69, 9.17) is 0 Å². The number of rotatable bonds is 1. The fourth-order valence-corrected chi connectivity index (χ4v) is 1.31. The summed E-state index contributed by atoms with van der Waals surface area (Å²) in [5, 5.41) is 0. The molecule has 0 aliphatic heterocycles. The first-order chi connectivity index (χ1) is 5.47. The lowest BCUT2D eigenvalue weighted by atomic mass is 10.1. The van der Waals surface area contributed by atoms with Crippen molar-refractivity contribution in [3.63, 3.8) is 0 Å². The fourth-order valence-electron chi connectivity index (χ4n) is 1.31. The summed E-state index contributed by atoms with van der Waals surface area (Å²) in [6.07, 6.45) is 7.56. The maximum Gasteiger partial charge on any atom is -0.00884 e. The van der Waals surface area contributed by atoms with E-state index in [9.17, 15) is 0 Å². The van der Waals surface area contributed by atoms with Crippen molar-refractivity contribution in [3.8, 4) is 0 Å². The van der Waals surface area contributed by atoms with Crippen molar-refractivity contribution < 1.29 is 5.48 Å². The maximum atomic E-state index is 2.18. The zero-order chi connectivity index (χ0) is 7.52. The Morgan fingerprint density at radius 2 is 1.75 bits per heavy atom. The third-order valence-electron chi connectivity index (χ3n) is 1.92. The Kier molecular flexibility index (Phi) is 2.83. The molecule has 1 aromatic rings. The Balaban J connectivity index is 0.000000720. The molecule has 0 heterocycles. The second kappa shape index (κ2) is 3.88. The highest BCUT2D eigenvalue weighted by Crippen LogP contribution is 2.22. The minimum absolute atomic E-state index is 0. The Morgan fingerprint density at radius 1 is 1.00 bits per heavy atom. The Morgan fingerprint density at radius 3 is 2.33 bits per heavy atom. The predicted molar refractivity (Wildman–Crippen MR) is 51.8 cm³/mol. The molecule has 1 aliphatic carbocycles. The van der Waals surface area contributed by atoms with Gasteiger partial charge in [-0.05, 0) is 17.6 Å². The molecule has 0 saturated carbocycles. The van der Waals surface area contributed by atoms with E-state index < -0.39 is 0 Å². The largest absolute Gasteiger partial charge is 0.412 e. The normalized spacial score (nSPS) is 13.8. The maximum absolute atomic E-state index is 2.18. The van der Waals surface area contributed by atoms with E-state index in [0.29, 0.717) is 0 Å². The zero-order valence-electron chi connectivity index (χ0n) is 6.83. The molecular weight excluding hydrogens is 148 g/mol. The minimum Gasteiger partial charge on any atom is -0.412 e. The van der Waals surface area contributed by atoms with Crippen LogP contribution in [0.3, 0.4) is 0 Å². The SMILES string of the molecule is C1=CCC(c2ccccc2)=C1.O. The Labute approximate surface area is 72.4 Å². The summed E-state index contributed by atoms with van der Waals surface area (Å²) in [7, 11) is 0. The molecule has 1 nitrogen and oxygen atoms in total. The van der Waals surface area contributed by atoms with E-state index in [2.05, 4.69) is 42.5 Å². The van der Waals surface area contributed by atoms with Crippen molar-refractivity contribution in [2.45, 2.75) is 6.42 Å². The van der Waals surface area contributed by atoms with Gasteiger partial charge in [0.2, 0.25) is 0 Å². The quantitative estimate of drug-likeness (QED) is 0.603. The number of allylic oxidation sites excluding steroid dienone is 4. The monoisotopic (exact) mass is 160 g/mol. The highest BCUT2D eigenvalue weighted by molar-refractivity contribution is 5.70. The fraction of sp³-hybridized carbons (Fsp3) is 0.0909. The smallest absolute Gasteiger partial charge is 0.00884 e. The van der Waals surface area contributed by atoms with Crippen molar-refractivity contribution in [1.29, 1.82) is 0 Å². The standard InChI is InChI=1S/C11H10.H2O/c1-2-6-10(7-3-1)11-8-4-5-9-11;/h1-8H,9H2;1H2. The van der Waals surface area contributed by atoms with Gasteiger partial charge >= 0.3 is 0 Å². The molecule has 1 aromatic carbocycles. The highest BCUT2D eigenvalue weighted by Gasteiger charge is 2.00. The molecule has 0 unspecified atom stereocenters. The summed E-state index contributed by atoms with van der Waals surface area (Å²) >= 11 is 0. The first-order valence-electron chi connectivity index (χ1n) is 3.88. The summed E-state index contributed by atoms with van der Waals surface area (Å²) in [6, 6.07) is 10.5. The number of benzene rings is 1. The van der Waals surface area contributed by atoms with Crippen molar-refractivity contribution in [2.24, 2.45) is 0 Å². The Bertz CT molecular complexity index is 296. The van der Waals surface area contributed by atoms with Gasteiger partial charge in [0.05, 0.1) is 0 Å². The molecule has 12 heavy (non-hydrogen) atoms. The topological polar surface area (TPSA) is 31.5 Å². The Hall–Kier alpha value is -1.34. The van der Waals surface area contributed by atoms with Gasteiger partial charge in [0.15, 0.2) is 0 Å². The average Bonchev–Trinajstić information content (AvgIpc) is 2.58. The molecule has 2 N–H and O–H groups in total. The third kappa shape index (κ3) is 1.63. The summed E-state index contributed by atoms with van der Waals surface area (Å²) in [6.45, 7) is 0. The van der Waals surface area contributed by atoms with Gasteiger partial charge in [-0.25, -0.2) is 0 Å². The number of hydrogen-bond donors (Lipinski definition) is 0. The minimum atomic E-state index is 0.